The second-order valence-electron chi connectivity index (χ2n) is 6.51. The molecule has 1 saturated heterocycles. The molecule has 2 unspecified atom stereocenters. The number of hydrogen-bond donors (Lipinski definition) is 3. The molecule has 7 heteroatoms. The van der Waals surface area contributed by atoms with Crippen molar-refractivity contribution in [3.05, 3.63) is 59.2 Å². The number of nitrogens with zero attached hydrogens (tertiary/aromatic N) is 1. The maximum absolute atomic E-state index is 13.4. The molecule has 0 spiro atoms. The van der Waals surface area contributed by atoms with Gasteiger partial charge in [-0.15, -0.1) is 0 Å². The lowest BCUT2D eigenvalue weighted by molar-refractivity contribution is -0.117. The summed E-state index contributed by atoms with van der Waals surface area (Å²) < 4.78 is 19.0. The highest BCUT2D eigenvalue weighted by molar-refractivity contribution is 6.01. The average Bonchev–Trinajstić information content (AvgIpc) is 3.24. The van der Waals surface area contributed by atoms with Gasteiger partial charge in [0.2, 0.25) is 5.91 Å². The van der Waals surface area contributed by atoms with Crippen molar-refractivity contribution in [3.63, 3.8) is 0 Å². The van der Waals surface area contributed by atoms with Gasteiger partial charge in [-0.1, -0.05) is 18.2 Å². The molecule has 1 aliphatic rings. The number of anilines is 1. The highest BCUT2D eigenvalue weighted by atomic mass is 19.1. The van der Waals surface area contributed by atoms with Crippen LogP contribution in [0.3, 0.4) is 0 Å². The Kier molecular flexibility index (Phi) is 4.18. The van der Waals surface area contributed by atoms with Crippen LogP contribution in [0.4, 0.5) is 10.1 Å². The van der Waals surface area contributed by atoms with E-state index >= 15 is 0 Å². The Morgan fingerprint density at radius 1 is 1.27 bits per heavy atom. The van der Waals surface area contributed by atoms with E-state index in [9.17, 15) is 9.18 Å². The highest BCUT2D eigenvalue weighted by Crippen LogP contribution is 2.27. The number of nitrogens with one attached hydrogen (secondary N) is 3. The summed E-state index contributed by atoms with van der Waals surface area (Å²) in [4.78, 5) is 16.9. The van der Waals surface area contributed by atoms with Crippen LogP contribution in [0.25, 0.3) is 11.1 Å². The predicted octanol–water partition coefficient (Wildman–Crippen LogP) is 3.13. The summed E-state index contributed by atoms with van der Waals surface area (Å²) in [6, 6.07) is 9.96. The molecular weight excluding hydrogens is 335 g/mol. The number of halogens is 1. The number of benzene rings is 2. The maximum Gasteiger partial charge on any atom is 0.243 e. The number of rotatable bonds is 3. The maximum atomic E-state index is 13.4. The standard InChI is InChI=1S/C19H19FN4O2/c1-10-8-12(6-7-13(10)20)16-9-17(24-23-16)19(25)22-15-5-3-4-14-18(15)26-11(2)21-14/h3-8,16-17,23-24H,9H2,1-2H3,(H,22,25). The molecule has 3 N–H and O–H groups in total. The topological polar surface area (TPSA) is 79.2 Å². The number of para-hydroxylation sites is 1. The molecule has 0 radical (unpaired) electrons. The van der Waals surface area contributed by atoms with Gasteiger partial charge in [0.1, 0.15) is 17.4 Å². The minimum atomic E-state index is -0.412. The molecule has 1 aliphatic heterocycles. The van der Waals surface area contributed by atoms with Crippen molar-refractivity contribution in [3.8, 4) is 0 Å². The van der Waals surface area contributed by atoms with Gasteiger partial charge in [0.15, 0.2) is 11.5 Å². The molecule has 2 heterocycles. The van der Waals surface area contributed by atoms with E-state index < -0.39 is 6.04 Å². The SMILES string of the molecule is Cc1nc2cccc(NC(=O)C3CC(c4ccc(F)c(C)c4)NN3)c2o1. The molecule has 6 nitrogen and oxygen atoms in total. The second-order valence-corrected chi connectivity index (χ2v) is 6.51. The van der Waals surface area contributed by atoms with Crippen molar-refractivity contribution in [1.82, 2.24) is 15.8 Å². The first kappa shape index (κ1) is 16.7. The molecule has 2 aromatic carbocycles. The van der Waals surface area contributed by atoms with E-state index in [4.69, 9.17) is 4.42 Å². The van der Waals surface area contributed by atoms with Gasteiger partial charge < -0.3 is 9.73 Å². The Bertz CT molecular complexity index is 985. The second kappa shape index (κ2) is 6.51. The van der Waals surface area contributed by atoms with Crippen LogP contribution in [0.15, 0.2) is 40.8 Å². The largest absolute Gasteiger partial charge is 0.439 e. The highest BCUT2D eigenvalue weighted by Gasteiger charge is 2.30. The lowest BCUT2D eigenvalue weighted by atomic mass is 10.00. The summed E-state index contributed by atoms with van der Waals surface area (Å²) in [5, 5.41) is 2.90. The third kappa shape index (κ3) is 3.07. The van der Waals surface area contributed by atoms with Crippen molar-refractivity contribution < 1.29 is 13.6 Å². The van der Waals surface area contributed by atoms with E-state index in [-0.39, 0.29) is 17.8 Å². The zero-order chi connectivity index (χ0) is 18.3. The Morgan fingerprint density at radius 2 is 2.12 bits per heavy atom. The van der Waals surface area contributed by atoms with Crippen molar-refractivity contribution in [1.29, 1.82) is 0 Å². The van der Waals surface area contributed by atoms with Gasteiger partial charge in [0.25, 0.3) is 0 Å². The predicted molar refractivity (Wildman–Crippen MR) is 95.9 cm³/mol. The Balaban J connectivity index is 1.48. The Labute approximate surface area is 149 Å². The van der Waals surface area contributed by atoms with Gasteiger partial charge in [-0.25, -0.2) is 20.2 Å². The van der Waals surface area contributed by atoms with Crippen molar-refractivity contribution in [2.45, 2.75) is 32.4 Å². The number of hydrogen-bond acceptors (Lipinski definition) is 5. The van der Waals surface area contributed by atoms with E-state index in [1.807, 2.05) is 12.1 Å². The minimum Gasteiger partial charge on any atom is -0.439 e. The molecule has 1 fully saturated rings. The first-order valence-electron chi connectivity index (χ1n) is 8.45. The fraction of sp³-hybridized carbons (Fsp3) is 0.263. The van der Waals surface area contributed by atoms with E-state index in [1.54, 1.807) is 32.0 Å². The van der Waals surface area contributed by atoms with Gasteiger partial charge in [-0.2, -0.15) is 0 Å². The summed E-state index contributed by atoms with van der Waals surface area (Å²) >= 11 is 0. The summed E-state index contributed by atoms with van der Waals surface area (Å²) in [6.07, 6.45) is 0.558. The molecule has 0 aliphatic carbocycles. The fourth-order valence-electron chi connectivity index (χ4n) is 3.21. The number of carbonyl (C=O) groups is 1. The van der Waals surface area contributed by atoms with E-state index in [0.717, 1.165) is 5.56 Å². The number of aromatic nitrogens is 1. The van der Waals surface area contributed by atoms with Crippen molar-refractivity contribution in [2.75, 3.05) is 5.32 Å². The van der Waals surface area contributed by atoms with Crippen LogP contribution in [-0.4, -0.2) is 16.9 Å². The van der Waals surface area contributed by atoms with Crippen LogP contribution in [0.5, 0.6) is 0 Å². The number of carbonyl (C=O) groups excluding carboxylic acids is 1. The van der Waals surface area contributed by atoms with E-state index in [1.165, 1.54) is 6.07 Å². The quantitative estimate of drug-likeness (QED) is 0.673. The molecule has 134 valence electrons. The molecule has 1 aromatic heterocycles. The monoisotopic (exact) mass is 354 g/mol. The minimum absolute atomic E-state index is 0.0617. The smallest absolute Gasteiger partial charge is 0.243 e. The molecule has 4 rings (SSSR count). The van der Waals surface area contributed by atoms with Crippen molar-refractivity contribution >= 4 is 22.7 Å². The van der Waals surface area contributed by atoms with E-state index in [2.05, 4.69) is 21.2 Å². The van der Waals surface area contributed by atoms with Crippen LogP contribution in [0.1, 0.15) is 29.5 Å². The van der Waals surface area contributed by atoms with Crippen LogP contribution in [-0.2, 0) is 4.79 Å². The third-order valence-electron chi connectivity index (χ3n) is 4.58. The third-order valence-corrected chi connectivity index (χ3v) is 4.58. The van der Waals surface area contributed by atoms with Gasteiger partial charge in [-0.3, -0.25) is 4.79 Å². The van der Waals surface area contributed by atoms with E-state index in [0.29, 0.717) is 34.7 Å². The molecule has 0 bridgehead atoms. The molecule has 0 saturated carbocycles. The number of aryl methyl sites for hydroxylation is 2. The molecular formula is C19H19FN4O2. The van der Waals surface area contributed by atoms with Crippen LogP contribution in [0, 0.1) is 19.7 Å². The number of hydrazine groups is 1. The zero-order valence-corrected chi connectivity index (χ0v) is 14.5. The average molecular weight is 354 g/mol. The lowest BCUT2D eigenvalue weighted by Crippen LogP contribution is -2.39. The fourth-order valence-corrected chi connectivity index (χ4v) is 3.21. The molecule has 26 heavy (non-hydrogen) atoms. The van der Waals surface area contributed by atoms with Crippen LogP contribution >= 0.6 is 0 Å². The lowest BCUT2D eigenvalue weighted by Gasteiger charge is -2.11. The van der Waals surface area contributed by atoms with Gasteiger partial charge >= 0.3 is 0 Å². The zero-order valence-electron chi connectivity index (χ0n) is 14.5. The van der Waals surface area contributed by atoms with Crippen LogP contribution in [0.2, 0.25) is 0 Å². The molecule has 3 aromatic rings. The van der Waals surface area contributed by atoms with Crippen molar-refractivity contribution in [2.24, 2.45) is 0 Å². The first-order valence-corrected chi connectivity index (χ1v) is 8.45. The summed E-state index contributed by atoms with van der Waals surface area (Å²) in [7, 11) is 0. The molecule has 2 atom stereocenters. The first-order chi connectivity index (χ1) is 12.5. The molecule has 1 amide bonds. The van der Waals surface area contributed by atoms with Gasteiger partial charge in [0, 0.05) is 13.0 Å². The number of fused-ring (bicyclic) bond motifs is 1. The van der Waals surface area contributed by atoms with Gasteiger partial charge in [-0.05, 0) is 42.7 Å². The van der Waals surface area contributed by atoms with Crippen LogP contribution < -0.4 is 16.2 Å². The Hall–Kier alpha value is -2.77. The normalized spacial score (nSPS) is 19.8. The summed E-state index contributed by atoms with van der Waals surface area (Å²) in [6.45, 7) is 3.49. The van der Waals surface area contributed by atoms with Gasteiger partial charge in [0.05, 0.1) is 5.69 Å². The number of oxazole rings is 1. The Morgan fingerprint density at radius 3 is 2.92 bits per heavy atom. The summed E-state index contributed by atoms with van der Waals surface area (Å²) in [5.41, 5.74) is 9.52. The summed E-state index contributed by atoms with van der Waals surface area (Å²) in [5.74, 6) is 0.152. The number of amides is 1.